The van der Waals surface area contributed by atoms with E-state index in [0.717, 1.165) is 16.9 Å². The van der Waals surface area contributed by atoms with E-state index in [1.54, 1.807) is 18.2 Å². The molecule has 1 unspecified atom stereocenters. The zero-order valence-electron chi connectivity index (χ0n) is 17.7. The average Bonchev–Trinajstić information content (AvgIpc) is 3.42. The standard InChI is InChI=1S/C25H22ClNO4S/c1-3-15-7-9-16(10-8-15)27-22(20-6-5-13-32-20)21(24(29)25(27)30)23(28)18-14-17(31-4-2)11-12-19(18)26/h5-14,22,28H,3-4H2,1-2H3/b23-21-. The van der Waals surface area contributed by atoms with E-state index in [9.17, 15) is 14.7 Å². The van der Waals surface area contributed by atoms with Gasteiger partial charge in [-0.3, -0.25) is 14.5 Å². The van der Waals surface area contributed by atoms with Gasteiger partial charge in [0.1, 0.15) is 17.6 Å². The Balaban J connectivity index is 1.90. The number of rotatable bonds is 6. The Morgan fingerprint density at radius 3 is 2.50 bits per heavy atom. The Labute approximate surface area is 195 Å². The Morgan fingerprint density at radius 2 is 1.88 bits per heavy atom. The van der Waals surface area contributed by atoms with Gasteiger partial charge < -0.3 is 9.84 Å². The van der Waals surface area contributed by atoms with Gasteiger partial charge in [0.05, 0.1) is 17.2 Å². The number of carbonyl (C=O) groups is 2. The number of Topliss-reactive ketones (excluding diaryl/α,β-unsaturated/α-hetero) is 1. The minimum absolute atomic E-state index is 0.00701. The lowest BCUT2D eigenvalue weighted by Crippen LogP contribution is -2.29. The van der Waals surface area contributed by atoms with Crippen LogP contribution in [0, 0.1) is 0 Å². The summed E-state index contributed by atoms with van der Waals surface area (Å²) >= 11 is 7.77. The Bertz CT molecular complexity index is 1190. The average molecular weight is 468 g/mol. The summed E-state index contributed by atoms with van der Waals surface area (Å²) in [7, 11) is 0. The quantitative estimate of drug-likeness (QED) is 0.275. The number of anilines is 1. The minimum Gasteiger partial charge on any atom is -0.507 e. The molecule has 1 aliphatic rings. The molecular weight excluding hydrogens is 446 g/mol. The molecule has 164 valence electrons. The summed E-state index contributed by atoms with van der Waals surface area (Å²) in [6.45, 7) is 4.34. The fourth-order valence-corrected chi connectivity index (χ4v) is 4.83. The Hall–Kier alpha value is -3.09. The van der Waals surface area contributed by atoms with Gasteiger partial charge in [0.25, 0.3) is 11.7 Å². The van der Waals surface area contributed by atoms with Gasteiger partial charge >= 0.3 is 0 Å². The van der Waals surface area contributed by atoms with Crippen molar-refractivity contribution in [1.29, 1.82) is 0 Å². The lowest BCUT2D eigenvalue weighted by molar-refractivity contribution is -0.132. The van der Waals surface area contributed by atoms with Crippen LogP contribution in [-0.4, -0.2) is 23.4 Å². The molecule has 1 atom stereocenters. The van der Waals surface area contributed by atoms with Crippen LogP contribution in [0.15, 0.2) is 65.6 Å². The maximum Gasteiger partial charge on any atom is 0.300 e. The topological polar surface area (TPSA) is 66.8 Å². The second-order valence-electron chi connectivity index (χ2n) is 7.28. The fraction of sp³-hybridized carbons (Fsp3) is 0.200. The van der Waals surface area contributed by atoms with E-state index in [0.29, 0.717) is 18.0 Å². The number of halogens is 1. The predicted octanol–water partition coefficient (Wildman–Crippen LogP) is 5.99. The molecule has 5 nitrogen and oxygen atoms in total. The van der Waals surface area contributed by atoms with Crippen LogP contribution in [0.5, 0.6) is 5.75 Å². The summed E-state index contributed by atoms with van der Waals surface area (Å²) in [5.41, 5.74) is 1.97. The highest BCUT2D eigenvalue weighted by atomic mass is 35.5. The van der Waals surface area contributed by atoms with E-state index < -0.39 is 17.7 Å². The van der Waals surface area contributed by atoms with E-state index in [1.807, 2.05) is 55.6 Å². The predicted molar refractivity (Wildman–Crippen MR) is 128 cm³/mol. The Morgan fingerprint density at radius 1 is 1.12 bits per heavy atom. The lowest BCUT2D eigenvalue weighted by atomic mass is 9.99. The largest absolute Gasteiger partial charge is 0.507 e. The van der Waals surface area contributed by atoms with E-state index in [-0.39, 0.29) is 21.9 Å². The number of carbonyl (C=O) groups excluding carboxylic acids is 2. The monoisotopic (exact) mass is 467 g/mol. The van der Waals surface area contributed by atoms with Crippen molar-refractivity contribution < 1.29 is 19.4 Å². The van der Waals surface area contributed by atoms with Crippen LogP contribution in [0.3, 0.4) is 0 Å². The summed E-state index contributed by atoms with van der Waals surface area (Å²) in [4.78, 5) is 28.5. The summed E-state index contributed by atoms with van der Waals surface area (Å²) < 4.78 is 5.52. The van der Waals surface area contributed by atoms with E-state index >= 15 is 0 Å². The number of amides is 1. The molecule has 0 aliphatic carbocycles. The number of hydrogen-bond donors (Lipinski definition) is 1. The zero-order valence-corrected chi connectivity index (χ0v) is 19.2. The molecule has 3 aromatic rings. The summed E-state index contributed by atoms with van der Waals surface area (Å²) in [6, 6.07) is 15.3. The molecule has 2 heterocycles. The van der Waals surface area contributed by atoms with Gasteiger partial charge in [-0.05, 0) is 60.7 Å². The lowest BCUT2D eigenvalue weighted by Gasteiger charge is -2.24. The molecular formula is C25H22ClNO4S. The van der Waals surface area contributed by atoms with Crippen LogP contribution in [0.1, 0.15) is 35.9 Å². The van der Waals surface area contributed by atoms with Crippen molar-refractivity contribution in [2.75, 3.05) is 11.5 Å². The molecule has 2 aromatic carbocycles. The van der Waals surface area contributed by atoms with Crippen LogP contribution in [0.4, 0.5) is 5.69 Å². The molecule has 1 aromatic heterocycles. The second kappa shape index (κ2) is 9.18. The number of aryl methyl sites for hydroxylation is 1. The van der Waals surface area contributed by atoms with Gasteiger partial charge in [-0.2, -0.15) is 0 Å². The molecule has 4 rings (SSSR count). The number of hydrogen-bond acceptors (Lipinski definition) is 5. The van der Waals surface area contributed by atoms with Crippen molar-refractivity contribution >= 4 is 46.1 Å². The molecule has 0 bridgehead atoms. The molecule has 1 fully saturated rings. The van der Waals surface area contributed by atoms with Crippen molar-refractivity contribution in [2.45, 2.75) is 26.3 Å². The smallest absolute Gasteiger partial charge is 0.300 e. The highest BCUT2D eigenvalue weighted by Crippen LogP contribution is 2.44. The molecule has 1 N–H and O–H groups in total. The van der Waals surface area contributed by atoms with Crippen molar-refractivity contribution in [3.05, 3.63) is 86.6 Å². The molecule has 0 saturated carbocycles. The van der Waals surface area contributed by atoms with Gasteiger partial charge in [0.2, 0.25) is 0 Å². The number of thiophene rings is 1. The first-order valence-corrected chi connectivity index (χ1v) is 11.6. The molecule has 1 amide bonds. The third kappa shape index (κ3) is 3.92. The van der Waals surface area contributed by atoms with Crippen LogP contribution in [0.2, 0.25) is 5.02 Å². The zero-order chi connectivity index (χ0) is 22.8. The maximum absolute atomic E-state index is 13.2. The maximum atomic E-state index is 13.2. The summed E-state index contributed by atoms with van der Waals surface area (Å²) in [5.74, 6) is -1.25. The molecule has 7 heteroatoms. The first-order chi connectivity index (χ1) is 15.5. The third-order valence-electron chi connectivity index (χ3n) is 5.38. The number of aliphatic hydroxyl groups is 1. The summed E-state index contributed by atoms with van der Waals surface area (Å²) in [6.07, 6.45) is 0.863. The highest BCUT2D eigenvalue weighted by molar-refractivity contribution is 7.10. The Kier molecular flexibility index (Phi) is 6.35. The van der Waals surface area contributed by atoms with Crippen LogP contribution in [-0.2, 0) is 16.0 Å². The summed E-state index contributed by atoms with van der Waals surface area (Å²) in [5, 5.41) is 13.4. The van der Waals surface area contributed by atoms with Crippen molar-refractivity contribution in [3.63, 3.8) is 0 Å². The number of aliphatic hydroxyl groups excluding tert-OH is 1. The van der Waals surface area contributed by atoms with Gasteiger partial charge in [-0.15, -0.1) is 11.3 Å². The van der Waals surface area contributed by atoms with Gasteiger partial charge in [-0.1, -0.05) is 36.7 Å². The first-order valence-electron chi connectivity index (χ1n) is 10.3. The highest BCUT2D eigenvalue weighted by Gasteiger charge is 2.47. The van der Waals surface area contributed by atoms with Crippen molar-refractivity contribution in [3.8, 4) is 5.75 Å². The van der Waals surface area contributed by atoms with Crippen LogP contribution >= 0.6 is 22.9 Å². The molecule has 0 spiro atoms. The van der Waals surface area contributed by atoms with Crippen LogP contribution < -0.4 is 9.64 Å². The van der Waals surface area contributed by atoms with E-state index in [1.165, 1.54) is 16.2 Å². The number of nitrogens with zero attached hydrogens (tertiary/aromatic N) is 1. The molecule has 32 heavy (non-hydrogen) atoms. The van der Waals surface area contributed by atoms with E-state index in [2.05, 4.69) is 0 Å². The van der Waals surface area contributed by atoms with Gasteiger partial charge in [0.15, 0.2) is 0 Å². The van der Waals surface area contributed by atoms with Crippen molar-refractivity contribution in [1.82, 2.24) is 0 Å². The van der Waals surface area contributed by atoms with Crippen molar-refractivity contribution in [2.24, 2.45) is 0 Å². The first kappa shape index (κ1) is 22.1. The molecule has 1 saturated heterocycles. The number of ether oxygens (including phenoxy) is 1. The van der Waals surface area contributed by atoms with Crippen LogP contribution in [0.25, 0.3) is 5.76 Å². The molecule has 1 aliphatic heterocycles. The van der Waals surface area contributed by atoms with Gasteiger partial charge in [0, 0.05) is 16.1 Å². The van der Waals surface area contributed by atoms with Gasteiger partial charge in [-0.25, -0.2) is 0 Å². The second-order valence-corrected chi connectivity index (χ2v) is 8.67. The minimum atomic E-state index is -0.755. The number of ketones is 1. The molecule has 0 radical (unpaired) electrons. The fourth-order valence-electron chi connectivity index (χ4n) is 3.79. The normalized spacial score (nSPS) is 17.7. The SMILES string of the molecule is CCOc1ccc(Cl)c(/C(O)=C2/C(=O)C(=O)N(c3ccc(CC)cc3)C2c2cccs2)c1. The van der Waals surface area contributed by atoms with E-state index in [4.69, 9.17) is 16.3 Å². The third-order valence-corrected chi connectivity index (χ3v) is 6.64. The number of benzene rings is 2.